The first-order valence-corrected chi connectivity index (χ1v) is 23.7. The van der Waals surface area contributed by atoms with E-state index >= 15 is 4.39 Å². The molecule has 12 nitrogen and oxygen atoms in total. The molecular weight excluding hydrogens is 839 g/mol. The average molecular weight is 922 g/mol. The fourth-order valence-corrected chi connectivity index (χ4v) is 10.5. The Balaban J connectivity index is 0.00000537. The molecule has 2 aliphatic heterocycles. The standard InChI is InChI=1S/C49H77ClFN3O8.CH5N/c1-14-35-39(53(12)22-23-60-47(58)36-18-16-17-19-38(36)52-43-30(5)21-20-29(4)42(43)50)24-31(6)61-40(35)25-37-32(7)44(55)33(8)46(57)62-41(15-2)49(11,59)45(56)34(9)54(13)27-28(3)26-48(37,10)51;1-2/h16-21,28,31-35,37,39-41,44-45,52,55-56,59H,14-15,22-27H2,1-13H3;2H2,1H3/t28-,31-,32-,33-,34-,35+,37-,39-,40+,41-,44+,45-,48-,49-;/m1./s1. The van der Waals surface area contributed by atoms with Gasteiger partial charge in [-0.05, 0) is 137 Å². The van der Waals surface area contributed by atoms with Gasteiger partial charge in [0.2, 0.25) is 0 Å². The van der Waals surface area contributed by atoms with E-state index in [1.807, 2.05) is 71.0 Å². The van der Waals surface area contributed by atoms with Gasteiger partial charge in [0.15, 0.2) is 0 Å². The molecule has 0 aliphatic carbocycles. The van der Waals surface area contributed by atoms with Crippen molar-refractivity contribution in [1.29, 1.82) is 0 Å². The van der Waals surface area contributed by atoms with E-state index in [1.54, 1.807) is 46.8 Å². The first-order chi connectivity index (χ1) is 30.0. The molecule has 14 heteroatoms. The van der Waals surface area contributed by atoms with Crippen LogP contribution in [-0.2, 0) is 19.0 Å². The van der Waals surface area contributed by atoms with Crippen LogP contribution in [0.25, 0.3) is 0 Å². The lowest BCUT2D eigenvalue weighted by Crippen LogP contribution is -2.59. The number of cyclic esters (lactones) is 1. The van der Waals surface area contributed by atoms with Crippen LogP contribution in [0.4, 0.5) is 15.8 Å². The molecule has 2 fully saturated rings. The van der Waals surface area contributed by atoms with Gasteiger partial charge in [0.25, 0.3) is 0 Å². The molecule has 0 radical (unpaired) electrons. The number of esters is 2. The number of benzene rings is 2. The van der Waals surface area contributed by atoms with Crippen LogP contribution in [0, 0.1) is 43.4 Å². The maximum atomic E-state index is 17.7. The molecule has 0 spiro atoms. The number of aryl methyl sites for hydroxylation is 2. The topological polar surface area (TPSA) is 167 Å². The molecule has 64 heavy (non-hydrogen) atoms. The Morgan fingerprint density at radius 1 is 1.05 bits per heavy atom. The number of hydrogen-bond acceptors (Lipinski definition) is 12. The van der Waals surface area contributed by atoms with Gasteiger partial charge in [-0.2, -0.15) is 0 Å². The van der Waals surface area contributed by atoms with Crippen molar-refractivity contribution in [3.05, 3.63) is 58.1 Å². The van der Waals surface area contributed by atoms with Gasteiger partial charge in [-0.1, -0.05) is 63.6 Å². The second-order valence-electron chi connectivity index (χ2n) is 19.3. The number of halogens is 2. The normalized spacial score (nSPS) is 34.7. The summed E-state index contributed by atoms with van der Waals surface area (Å²) in [6, 6.07) is 10.7. The number of alkyl halides is 1. The predicted octanol–water partition coefficient (Wildman–Crippen LogP) is 8.10. The average Bonchev–Trinajstić information content (AvgIpc) is 3.25. The van der Waals surface area contributed by atoms with Gasteiger partial charge in [-0.3, -0.25) is 9.69 Å². The smallest absolute Gasteiger partial charge is 0.340 e. The highest BCUT2D eigenvalue weighted by atomic mass is 35.5. The van der Waals surface area contributed by atoms with Crippen LogP contribution in [0.1, 0.15) is 116 Å². The lowest BCUT2D eigenvalue weighted by atomic mass is 9.68. The molecule has 2 heterocycles. The minimum absolute atomic E-state index is 0.00303. The van der Waals surface area contributed by atoms with Crippen molar-refractivity contribution in [2.75, 3.05) is 46.2 Å². The summed E-state index contributed by atoms with van der Waals surface area (Å²) in [5.41, 5.74) is 4.56. The molecule has 0 saturated carbocycles. The lowest BCUT2D eigenvalue weighted by Gasteiger charge is -2.48. The summed E-state index contributed by atoms with van der Waals surface area (Å²) in [5.74, 6) is -3.74. The van der Waals surface area contributed by atoms with E-state index in [2.05, 4.69) is 22.9 Å². The third-order valence-corrected chi connectivity index (χ3v) is 14.8. The number of para-hydroxylation sites is 1. The molecule has 2 aromatic rings. The summed E-state index contributed by atoms with van der Waals surface area (Å²) in [7, 11) is 5.36. The first kappa shape index (κ1) is 55.4. The third-order valence-electron chi connectivity index (χ3n) is 14.3. The zero-order chi connectivity index (χ0) is 48.4. The molecule has 2 aliphatic rings. The van der Waals surface area contributed by atoms with E-state index in [-0.39, 0.29) is 49.5 Å². The summed E-state index contributed by atoms with van der Waals surface area (Å²) in [4.78, 5) is 31.3. The Kier molecular flexibility index (Phi) is 21.0. The van der Waals surface area contributed by atoms with Crippen LogP contribution in [0.2, 0.25) is 5.02 Å². The third kappa shape index (κ3) is 13.4. The molecule has 2 aromatic carbocycles. The van der Waals surface area contributed by atoms with Gasteiger partial charge in [0.1, 0.15) is 30.1 Å². The fourth-order valence-electron chi connectivity index (χ4n) is 10.3. The number of nitrogens with one attached hydrogen (secondary N) is 1. The highest BCUT2D eigenvalue weighted by molar-refractivity contribution is 6.34. The molecule has 2 saturated heterocycles. The van der Waals surface area contributed by atoms with Crippen LogP contribution >= 0.6 is 11.6 Å². The summed E-state index contributed by atoms with van der Waals surface area (Å²) in [5, 5.41) is 38.8. The van der Waals surface area contributed by atoms with Crippen molar-refractivity contribution in [1.82, 2.24) is 9.80 Å². The lowest BCUT2D eigenvalue weighted by molar-refractivity contribution is -0.192. The number of anilines is 2. The number of likely N-dealkylation sites (N-methyl/N-ethyl adjacent to an activating group) is 2. The zero-order valence-electron chi connectivity index (χ0n) is 41.2. The van der Waals surface area contributed by atoms with Gasteiger partial charge in [0, 0.05) is 37.0 Å². The second-order valence-corrected chi connectivity index (χ2v) is 19.7. The van der Waals surface area contributed by atoms with Crippen LogP contribution < -0.4 is 11.1 Å². The van der Waals surface area contributed by atoms with Crippen molar-refractivity contribution in [2.45, 2.75) is 162 Å². The van der Waals surface area contributed by atoms with E-state index in [4.69, 9.17) is 25.8 Å². The Labute approximate surface area is 388 Å². The summed E-state index contributed by atoms with van der Waals surface area (Å²) < 4.78 is 36.1. The summed E-state index contributed by atoms with van der Waals surface area (Å²) in [6.45, 7) is 21.1. The Morgan fingerprint density at radius 2 is 1.67 bits per heavy atom. The molecule has 4 rings (SSSR count). The Morgan fingerprint density at radius 3 is 2.30 bits per heavy atom. The van der Waals surface area contributed by atoms with Crippen LogP contribution in [0.15, 0.2) is 36.4 Å². The highest BCUT2D eigenvalue weighted by Crippen LogP contribution is 2.44. The van der Waals surface area contributed by atoms with E-state index in [9.17, 15) is 24.9 Å². The van der Waals surface area contributed by atoms with Crippen LogP contribution in [0.5, 0.6) is 0 Å². The van der Waals surface area contributed by atoms with Crippen molar-refractivity contribution >= 4 is 34.9 Å². The van der Waals surface area contributed by atoms with E-state index in [0.717, 1.165) is 29.7 Å². The monoisotopic (exact) mass is 921 g/mol. The quantitative estimate of drug-likeness (QED) is 0.138. The molecule has 0 unspecified atom stereocenters. The zero-order valence-corrected chi connectivity index (χ0v) is 41.9. The van der Waals surface area contributed by atoms with Gasteiger partial charge in [-0.15, -0.1) is 0 Å². The largest absolute Gasteiger partial charge is 0.461 e. The SMILES string of the molecule is CC[C@@H]1[C@H](C[C@@H]2[C@@H](C)[C@H](O)[C@@H](C)C(=O)O[C@H](CC)[C@@](C)(O)[C@H](O)[C@@H](C)N(C)C[C@H](C)C[C@@]2(C)F)O[C@H](C)C[C@H]1N(C)CCOC(=O)c1ccccc1Nc1c(C)ccc(C)c1Cl.CN. The van der Waals surface area contributed by atoms with Crippen molar-refractivity contribution in [3.63, 3.8) is 0 Å². The number of nitrogens with two attached hydrogens (primary N) is 1. The molecule has 14 atom stereocenters. The summed E-state index contributed by atoms with van der Waals surface area (Å²) >= 11 is 6.64. The number of nitrogens with zero attached hydrogens (tertiary/aromatic N) is 2. The number of rotatable bonds is 11. The maximum absolute atomic E-state index is 17.7. The van der Waals surface area contributed by atoms with E-state index < -0.39 is 65.3 Å². The number of aliphatic hydroxyl groups is 3. The van der Waals surface area contributed by atoms with Crippen molar-refractivity contribution in [3.8, 4) is 0 Å². The van der Waals surface area contributed by atoms with E-state index in [0.29, 0.717) is 35.8 Å². The number of aliphatic hydroxyl groups excluding tert-OH is 2. The highest BCUT2D eigenvalue weighted by Gasteiger charge is 2.50. The Bertz CT molecular complexity index is 1800. The maximum Gasteiger partial charge on any atom is 0.340 e. The number of ether oxygens (including phenoxy) is 3. The number of hydrogen-bond donors (Lipinski definition) is 5. The molecule has 0 bridgehead atoms. The minimum Gasteiger partial charge on any atom is -0.461 e. The van der Waals surface area contributed by atoms with Gasteiger partial charge in [0.05, 0.1) is 46.2 Å². The molecule has 6 N–H and O–H groups in total. The second kappa shape index (κ2) is 24.2. The number of carbonyl (C=O) groups is 2. The van der Waals surface area contributed by atoms with Gasteiger partial charge >= 0.3 is 11.9 Å². The molecular formula is C50H82ClFN4O8. The van der Waals surface area contributed by atoms with Gasteiger partial charge < -0.3 is 45.5 Å². The predicted molar refractivity (Wildman–Crippen MR) is 255 cm³/mol. The van der Waals surface area contributed by atoms with E-state index in [1.165, 1.54) is 14.0 Å². The number of carbonyl (C=O) groups excluding carboxylic acids is 2. The Hall–Kier alpha value is -2.88. The van der Waals surface area contributed by atoms with Crippen molar-refractivity contribution < 1.29 is 43.5 Å². The molecule has 0 amide bonds. The van der Waals surface area contributed by atoms with Crippen LogP contribution in [-0.4, -0.2) is 132 Å². The molecule has 364 valence electrons. The summed E-state index contributed by atoms with van der Waals surface area (Å²) in [6.07, 6.45) is -1.86. The molecule has 0 aromatic heterocycles. The van der Waals surface area contributed by atoms with Crippen molar-refractivity contribution in [2.24, 2.45) is 35.3 Å². The van der Waals surface area contributed by atoms with Crippen LogP contribution in [0.3, 0.4) is 0 Å². The first-order valence-electron chi connectivity index (χ1n) is 23.4. The minimum atomic E-state index is -1.78. The van der Waals surface area contributed by atoms with Gasteiger partial charge in [-0.25, -0.2) is 9.18 Å². The fraction of sp³-hybridized carbons (Fsp3) is 0.720.